The van der Waals surface area contributed by atoms with E-state index in [4.69, 9.17) is 47.4 Å². The second-order valence-corrected chi connectivity index (χ2v) is 11.8. The van der Waals surface area contributed by atoms with E-state index in [9.17, 15) is 9.59 Å². The molecule has 2 aliphatic rings. The fourth-order valence-electron chi connectivity index (χ4n) is 4.96. The Morgan fingerprint density at radius 3 is 1.00 bits per heavy atom. The van der Waals surface area contributed by atoms with Crippen molar-refractivity contribution in [3.63, 3.8) is 0 Å². The fourth-order valence-corrected chi connectivity index (χ4v) is 4.96. The van der Waals surface area contributed by atoms with Crippen LogP contribution in [0.25, 0.3) is 0 Å². The lowest BCUT2D eigenvalue weighted by atomic mass is 10.0. The molecule has 2 amide bonds. The second-order valence-electron chi connectivity index (χ2n) is 11.8. The van der Waals surface area contributed by atoms with Crippen LogP contribution in [0.15, 0.2) is 24.3 Å². The lowest BCUT2D eigenvalue weighted by Gasteiger charge is -2.18. The molecular weight excluding hydrogens is 652 g/mol. The van der Waals surface area contributed by atoms with E-state index in [0.717, 1.165) is 64.2 Å². The van der Waals surface area contributed by atoms with Gasteiger partial charge >= 0.3 is 12.2 Å². The number of hydrogen-bond donors (Lipinski definition) is 2. The van der Waals surface area contributed by atoms with Crippen LogP contribution in [0.1, 0.15) is 64.2 Å². The Balaban J connectivity index is 1.18. The summed E-state index contributed by atoms with van der Waals surface area (Å²) < 4.78 is 54.8. The van der Waals surface area contributed by atoms with Crippen LogP contribution in [-0.2, 0) is 47.4 Å². The van der Waals surface area contributed by atoms with Gasteiger partial charge in [0.2, 0.25) is 0 Å². The minimum absolute atomic E-state index is 0.00922. The van der Waals surface area contributed by atoms with Crippen LogP contribution in [0.5, 0.6) is 0 Å². The molecule has 0 aromatic carbocycles. The summed E-state index contributed by atoms with van der Waals surface area (Å²) in [4.78, 5) is 23.8. The molecule has 14 nitrogen and oxygen atoms in total. The van der Waals surface area contributed by atoms with E-state index in [1.807, 2.05) is 0 Å². The molecule has 0 radical (unpaired) electrons. The average molecular weight is 717 g/mol. The van der Waals surface area contributed by atoms with Gasteiger partial charge < -0.3 is 58.0 Å². The van der Waals surface area contributed by atoms with Gasteiger partial charge in [0, 0.05) is 13.1 Å². The Bertz CT molecular complexity index is 795. The van der Waals surface area contributed by atoms with E-state index in [0.29, 0.717) is 119 Å². The second kappa shape index (κ2) is 33.8. The molecule has 2 aliphatic carbocycles. The number of rotatable bonds is 29. The molecule has 0 spiro atoms. The molecule has 0 aromatic heterocycles. The van der Waals surface area contributed by atoms with Gasteiger partial charge in [-0.05, 0) is 64.2 Å². The molecule has 2 unspecified atom stereocenters. The Morgan fingerprint density at radius 1 is 0.400 bits per heavy atom. The summed E-state index contributed by atoms with van der Waals surface area (Å²) in [6.45, 7) is 8.25. The van der Waals surface area contributed by atoms with Gasteiger partial charge in [0.25, 0.3) is 0 Å². The molecule has 0 aromatic rings. The van der Waals surface area contributed by atoms with Crippen molar-refractivity contribution in [3.05, 3.63) is 24.3 Å². The van der Waals surface area contributed by atoms with E-state index in [2.05, 4.69) is 34.9 Å². The smallest absolute Gasteiger partial charge is 0.407 e. The summed E-state index contributed by atoms with van der Waals surface area (Å²) in [5.41, 5.74) is 0. The molecule has 2 atom stereocenters. The summed E-state index contributed by atoms with van der Waals surface area (Å²) in [5, 5.41) is 5.47. The van der Waals surface area contributed by atoms with Gasteiger partial charge in [0.1, 0.15) is 12.2 Å². The largest absolute Gasteiger partial charge is 0.446 e. The molecular formula is C36H64N2O12. The van der Waals surface area contributed by atoms with Gasteiger partial charge in [-0.15, -0.1) is 0 Å². The number of alkyl carbamates (subject to hydrolysis) is 2. The van der Waals surface area contributed by atoms with E-state index in [-0.39, 0.29) is 24.4 Å². The van der Waals surface area contributed by atoms with Gasteiger partial charge in [-0.25, -0.2) is 9.59 Å². The number of amides is 2. The van der Waals surface area contributed by atoms with Crippen molar-refractivity contribution in [1.82, 2.24) is 10.6 Å². The minimum atomic E-state index is -0.378. The zero-order chi connectivity index (χ0) is 35.4. The maximum Gasteiger partial charge on any atom is 0.407 e. The molecule has 0 saturated carbocycles. The van der Waals surface area contributed by atoms with Gasteiger partial charge in [-0.3, -0.25) is 0 Å². The van der Waals surface area contributed by atoms with Crippen LogP contribution in [0.3, 0.4) is 0 Å². The zero-order valence-electron chi connectivity index (χ0n) is 30.2. The summed E-state index contributed by atoms with van der Waals surface area (Å²) >= 11 is 0. The van der Waals surface area contributed by atoms with Crippen molar-refractivity contribution in [2.24, 2.45) is 0 Å². The predicted octanol–water partition coefficient (Wildman–Crippen LogP) is 4.35. The molecule has 0 fully saturated rings. The minimum Gasteiger partial charge on any atom is -0.446 e. The highest BCUT2D eigenvalue weighted by atomic mass is 16.6. The lowest BCUT2D eigenvalue weighted by Crippen LogP contribution is -2.31. The Kier molecular flexibility index (Phi) is 29.7. The van der Waals surface area contributed by atoms with Crippen molar-refractivity contribution in [1.29, 1.82) is 0 Å². The third-order valence-electron chi connectivity index (χ3n) is 7.62. The number of allylic oxidation sites excluding steroid dienone is 4. The maximum atomic E-state index is 11.9. The van der Waals surface area contributed by atoms with Crippen molar-refractivity contribution >= 4 is 12.2 Å². The zero-order valence-corrected chi connectivity index (χ0v) is 30.2. The number of nitrogens with one attached hydrogen (secondary N) is 2. The van der Waals surface area contributed by atoms with Crippen LogP contribution in [0.4, 0.5) is 9.59 Å². The first-order chi connectivity index (χ1) is 24.7. The number of hydrogen-bond acceptors (Lipinski definition) is 12. The summed E-state index contributed by atoms with van der Waals surface area (Å²) in [5.74, 6) is 0. The first-order valence-electron chi connectivity index (χ1n) is 18.5. The van der Waals surface area contributed by atoms with Crippen LogP contribution in [-0.4, -0.2) is 143 Å². The molecule has 50 heavy (non-hydrogen) atoms. The Labute approximate surface area is 299 Å². The van der Waals surface area contributed by atoms with Crippen molar-refractivity contribution < 1.29 is 57.0 Å². The van der Waals surface area contributed by atoms with Gasteiger partial charge in [-0.1, -0.05) is 24.3 Å². The van der Waals surface area contributed by atoms with Crippen LogP contribution in [0.2, 0.25) is 0 Å². The van der Waals surface area contributed by atoms with Crippen LogP contribution in [0, 0.1) is 0 Å². The Morgan fingerprint density at radius 2 is 0.680 bits per heavy atom. The topological polar surface area (TPSA) is 150 Å². The maximum absolute atomic E-state index is 11.9. The van der Waals surface area contributed by atoms with Crippen molar-refractivity contribution in [2.75, 3.05) is 119 Å². The molecule has 2 rings (SSSR count). The number of carbonyl (C=O) groups is 2. The predicted molar refractivity (Wildman–Crippen MR) is 188 cm³/mol. The summed E-state index contributed by atoms with van der Waals surface area (Å²) in [6.07, 6.45) is 17.6. The SMILES string of the molecule is O=C(NCCOCCOCCOCCOCCOCCOCCOCCOCCNC(=O)OC1CC/C=C/CCC1)OC1CC/C=C/CCC1. The third kappa shape index (κ3) is 28.4. The quantitative estimate of drug-likeness (QED) is 0.0837. The van der Waals surface area contributed by atoms with Gasteiger partial charge in [-0.2, -0.15) is 0 Å². The number of ether oxygens (including phenoxy) is 10. The lowest BCUT2D eigenvalue weighted by molar-refractivity contribution is -0.0229. The van der Waals surface area contributed by atoms with Crippen LogP contribution < -0.4 is 10.6 Å². The fraction of sp³-hybridized carbons (Fsp3) is 0.833. The molecule has 0 aliphatic heterocycles. The molecule has 0 heterocycles. The standard InChI is InChI=1S/C36H64N2O12/c39-35(49-33-11-7-3-1-4-8-12-33)37-15-17-41-19-21-43-23-25-45-27-29-47-31-32-48-30-28-46-26-24-44-22-20-42-18-16-38-36(40)50-34-13-9-5-2-6-10-14-34/h1-3,5,33-34H,4,6-32H2,(H,37,39)(H,38,40)/b3-1+,5-2+. The van der Waals surface area contributed by atoms with Crippen LogP contribution >= 0.6 is 0 Å². The van der Waals surface area contributed by atoms with E-state index in [1.165, 1.54) is 0 Å². The molecule has 290 valence electrons. The average Bonchev–Trinajstić information content (AvgIpc) is 3.08. The third-order valence-corrected chi connectivity index (χ3v) is 7.62. The van der Waals surface area contributed by atoms with E-state index < -0.39 is 0 Å². The van der Waals surface area contributed by atoms with E-state index >= 15 is 0 Å². The van der Waals surface area contributed by atoms with E-state index in [1.54, 1.807) is 0 Å². The number of carbonyl (C=O) groups excluding carboxylic acids is 2. The summed E-state index contributed by atoms with van der Waals surface area (Å²) in [6, 6.07) is 0. The summed E-state index contributed by atoms with van der Waals surface area (Å²) in [7, 11) is 0. The highest BCUT2D eigenvalue weighted by Gasteiger charge is 2.15. The van der Waals surface area contributed by atoms with Gasteiger partial charge in [0.05, 0.1) is 106 Å². The first-order valence-corrected chi connectivity index (χ1v) is 18.5. The van der Waals surface area contributed by atoms with Gasteiger partial charge in [0.15, 0.2) is 0 Å². The highest BCUT2D eigenvalue weighted by Crippen LogP contribution is 2.16. The highest BCUT2D eigenvalue weighted by molar-refractivity contribution is 5.67. The normalized spacial score (nSPS) is 19.4. The monoisotopic (exact) mass is 716 g/mol. The molecule has 2 N–H and O–H groups in total. The van der Waals surface area contributed by atoms with Crippen molar-refractivity contribution in [2.45, 2.75) is 76.4 Å². The van der Waals surface area contributed by atoms with Crippen molar-refractivity contribution in [3.8, 4) is 0 Å². The molecule has 14 heteroatoms. The molecule has 0 bridgehead atoms. The molecule has 0 saturated heterocycles. The Hall–Kier alpha value is -2.30. The first kappa shape index (κ1) is 43.9.